The van der Waals surface area contributed by atoms with Gasteiger partial charge in [0, 0.05) is 13.2 Å². The number of carboxylic acids is 1. The minimum Gasteiger partial charge on any atom is -0.480 e. The molecular formula is C12H23NO3. The van der Waals surface area contributed by atoms with Gasteiger partial charge in [-0.15, -0.1) is 0 Å². The Balaban J connectivity index is 2.28. The minimum atomic E-state index is -0.760. The molecule has 0 aliphatic carbocycles. The molecule has 1 aliphatic rings. The number of rotatable bonds is 6. The lowest BCUT2D eigenvalue weighted by Gasteiger charge is -2.25. The van der Waals surface area contributed by atoms with Gasteiger partial charge in [-0.2, -0.15) is 0 Å². The quantitative estimate of drug-likeness (QED) is 0.727. The average molecular weight is 229 g/mol. The summed E-state index contributed by atoms with van der Waals surface area (Å²) in [7, 11) is 0. The first-order valence-electron chi connectivity index (χ1n) is 6.17. The van der Waals surface area contributed by atoms with Crippen LogP contribution in [0.15, 0.2) is 0 Å². The molecule has 2 unspecified atom stereocenters. The first kappa shape index (κ1) is 13.5. The molecule has 4 heteroatoms. The van der Waals surface area contributed by atoms with E-state index in [0.717, 1.165) is 19.4 Å². The van der Waals surface area contributed by atoms with Crippen molar-refractivity contribution in [2.45, 2.75) is 51.7 Å². The molecule has 0 aromatic carbocycles. The molecule has 1 fully saturated rings. The number of carboxylic acid groups (broad SMARTS) is 1. The van der Waals surface area contributed by atoms with Crippen LogP contribution in [0.4, 0.5) is 0 Å². The topological polar surface area (TPSA) is 58.6 Å². The predicted octanol–water partition coefficient (Wildman–Crippen LogP) is 1.64. The van der Waals surface area contributed by atoms with E-state index in [1.807, 2.05) is 13.8 Å². The van der Waals surface area contributed by atoms with Gasteiger partial charge in [-0.1, -0.05) is 13.8 Å². The van der Waals surface area contributed by atoms with Crippen LogP contribution in [0.3, 0.4) is 0 Å². The van der Waals surface area contributed by atoms with Crippen molar-refractivity contribution < 1.29 is 14.6 Å². The number of carbonyl (C=O) groups is 1. The Labute approximate surface area is 97.4 Å². The van der Waals surface area contributed by atoms with Gasteiger partial charge in [-0.25, -0.2) is 0 Å². The second kappa shape index (κ2) is 6.86. The van der Waals surface area contributed by atoms with Gasteiger partial charge in [0.2, 0.25) is 0 Å². The summed E-state index contributed by atoms with van der Waals surface area (Å²) < 4.78 is 5.56. The molecule has 1 heterocycles. The molecule has 2 N–H and O–H groups in total. The van der Waals surface area contributed by atoms with E-state index < -0.39 is 12.0 Å². The summed E-state index contributed by atoms with van der Waals surface area (Å²) in [5, 5.41) is 12.1. The third-order valence-electron chi connectivity index (χ3n) is 2.87. The maximum Gasteiger partial charge on any atom is 0.320 e. The minimum absolute atomic E-state index is 0.197. The first-order valence-corrected chi connectivity index (χ1v) is 6.17. The lowest BCUT2D eigenvalue weighted by Crippen LogP contribution is -2.43. The molecule has 1 aliphatic heterocycles. The Hall–Kier alpha value is -0.610. The molecule has 2 atom stereocenters. The van der Waals surface area contributed by atoms with Crippen molar-refractivity contribution >= 4 is 5.97 Å². The highest BCUT2D eigenvalue weighted by Gasteiger charge is 2.21. The van der Waals surface area contributed by atoms with E-state index in [9.17, 15) is 4.79 Å². The Morgan fingerprint density at radius 2 is 2.25 bits per heavy atom. The number of hydrogen-bond acceptors (Lipinski definition) is 3. The summed E-state index contributed by atoms with van der Waals surface area (Å²) in [6.07, 6.45) is 4.23. The SMILES string of the molecule is CC(C)CC(NCC1CCCCO1)C(=O)O. The van der Waals surface area contributed by atoms with Crippen LogP contribution < -0.4 is 5.32 Å². The van der Waals surface area contributed by atoms with Crippen molar-refractivity contribution in [2.75, 3.05) is 13.2 Å². The molecule has 94 valence electrons. The molecule has 4 nitrogen and oxygen atoms in total. The van der Waals surface area contributed by atoms with Crippen molar-refractivity contribution in [1.29, 1.82) is 0 Å². The van der Waals surface area contributed by atoms with Crippen LogP contribution >= 0.6 is 0 Å². The van der Waals surface area contributed by atoms with E-state index in [-0.39, 0.29) is 6.10 Å². The van der Waals surface area contributed by atoms with Crippen molar-refractivity contribution in [1.82, 2.24) is 5.32 Å². The van der Waals surface area contributed by atoms with Gasteiger partial charge in [0.25, 0.3) is 0 Å². The van der Waals surface area contributed by atoms with E-state index in [0.29, 0.717) is 18.9 Å². The van der Waals surface area contributed by atoms with Crippen LogP contribution in [0.25, 0.3) is 0 Å². The number of ether oxygens (including phenoxy) is 1. The zero-order valence-electron chi connectivity index (χ0n) is 10.2. The number of nitrogens with one attached hydrogen (secondary N) is 1. The van der Waals surface area contributed by atoms with Gasteiger partial charge in [0.05, 0.1) is 6.10 Å². The maximum atomic E-state index is 11.0. The fourth-order valence-corrected chi connectivity index (χ4v) is 1.98. The molecule has 0 aromatic heterocycles. The molecule has 1 saturated heterocycles. The van der Waals surface area contributed by atoms with Crippen LogP contribution in [0.5, 0.6) is 0 Å². The van der Waals surface area contributed by atoms with Crippen LogP contribution in [0, 0.1) is 5.92 Å². The van der Waals surface area contributed by atoms with Gasteiger partial charge in [-0.3, -0.25) is 4.79 Å². The monoisotopic (exact) mass is 229 g/mol. The third-order valence-corrected chi connectivity index (χ3v) is 2.87. The van der Waals surface area contributed by atoms with Crippen LogP contribution in [-0.2, 0) is 9.53 Å². The molecule has 1 rings (SSSR count). The number of hydrogen-bond donors (Lipinski definition) is 2. The summed E-state index contributed by atoms with van der Waals surface area (Å²) in [6, 6.07) is -0.439. The molecule has 0 radical (unpaired) electrons. The lowest BCUT2D eigenvalue weighted by molar-refractivity contribution is -0.140. The summed E-state index contributed by atoms with van der Waals surface area (Å²) in [4.78, 5) is 11.0. The highest BCUT2D eigenvalue weighted by molar-refractivity contribution is 5.73. The highest BCUT2D eigenvalue weighted by atomic mass is 16.5. The van der Waals surface area contributed by atoms with E-state index in [1.165, 1.54) is 6.42 Å². The molecule has 0 bridgehead atoms. The fraction of sp³-hybridized carbons (Fsp3) is 0.917. The van der Waals surface area contributed by atoms with Crippen LogP contribution in [0.2, 0.25) is 0 Å². The summed E-state index contributed by atoms with van der Waals surface area (Å²) in [5.74, 6) is -0.370. The Kier molecular flexibility index (Phi) is 5.77. The van der Waals surface area contributed by atoms with Gasteiger partial charge in [0.1, 0.15) is 6.04 Å². The number of aliphatic carboxylic acids is 1. The normalized spacial score (nSPS) is 23.3. The molecule has 0 saturated carbocycles. The van der Waals surface area contributed by atoms with Gasteiger partial charge < -0.3 is 15.2 Å². The standard InChI is InChI=1S/C12H23NO3/c1-9(2)7-11(12(14)15)13-8-10-5-3-4-6-16-10/h9-11,13H,3-8H2,1-2H3,(H,14,15). The summed E-state index contributed by atoms with van der Waals surface area (Å²) in [5.41, 5.74) is 0. The van der Waals surface area contributed by atoms with Crippen molar-refractivity contribution in [3.05, 3.63) is 0 Å². The smallest absolute Gasteiger partial charge is 0.320 e. The zero-order chi connectivity index (χ0) is 12.0. The Bertz CT molecular complexity index is 212. The molecular weight excluding hydrogens is 206 g/mol. The molecule has 0 amide bonds. The maximum absolute atomic E-state index is 11.0. The van der Waals surface area contributed by atoms with Crippen molar-refractivity contribution in [3.8, 4) is 0 Å². The summed E-state index contributed by atoms with van der Waals surface area (Å²) in [6.45, 7) is 5.54. The van der Waals surface area contributed by atoms with E-state index in [1.54, 1.807) is 0 Å². The second-order valence-corrected chi connectivity index (χ2v) is 4.92. The molecule has 0 spiro atoms. The molecule has 16 heavy (non-hydrogen) atoms. The summed E-state index contributed by atoms with van der Waals surface area (Å²) >= 11 is 0. The highest BCUT2D eigenvalue weighted by Crippen LogP contribution is 2.12. The Morgan fingerprint density at radius 3 is 2.75 bits per heavy atom. The van der Waals surface area contributed by atoms with Gasteiger partial charge in [-0.05, 0) is 31.6 Å². The Morgan fingerprint density at radius 1 is 1.50 bits per heavy atom. The van der Waals surface area contributed by atoms with Crippen molar-refractivity contribution in [2.24, 2.45) is 5.92 Å². The largest absolute Gasteiger partial charge is 0.480 e. The zero-order valence-corrected chi connectivity index (χ0v) is 10.2. The van der Waals surface area contributed by atoms with E-state index >= 15 is 0 Å². The van der Waals surface area contributed by atoms with E-state index in [2.05, 4.69) is 5.32 Å². The third kappa shape index (κ3) is 4.94. The average Bonchev–Trinajstić information content (AvgIpc) is 2.25. The van der Waals surface area contributed by atoms with Crippen LogP contribution in [0.1, 0.15) is 39.5 Å². The first-order chi connectivity index (χ1) is 7.59. The lowest BCUT2D eigenvalue weighted by atomic mass is 10.0. The fourth-order valence-electron chi connectivity index (χ4n) is 1.98. The van der Waals surface area contributed by atoms with Crippen molar-refractivity contribution in [3.63, 3.8) is 0 Å². The van der Waals surface area contributed by atoms with Crippen LogP contribution in [-0.4, -0.2) is 36.4 Å². The second-order valence-electron chi connectivity index (χ2n) is 4.92. The molecule has 0 aromatic rings. The van der Waals surface area contributed by atoms with Gasteiger partial charge >= 0.3 is 5.97 Å². The predicted molar refractivity (Wildman–Crippen MR) is 62.5 cm³/mol. The van der Waals surface area contributed by atoms with Gasteiger partial charge in [0.15, 0.2) is 0 Å². The van der Waals surface area contributed by atoms with E-state index in [4.69, 9.17) is 9.84 Å².